The van der Waals surface area contributed by atoms with Crippen LogP contribution < -0.4 is 10.6 Å². The molecule has 1 atom stereocenters. The zero-order valence-electron chi connectivity index (χ0n) is 8.66. The lowest BCUT2D eigenvalue weighted by atomic mass is 10.1. The zero-order valence-corrected chi connectivity index (χ0v) is 8.66. The van der Waals surface area contributed by atoms with Crippen LogP contribution in [-0.4, -0.2) is 25.0 Å². The molecule has 2 N–H and O–H groups in total. The number of carbonyl (C=O) groups excluding carboxylic acids is 1. The second kappa shape index (κ2) is 4.98. The molecule has 0 spiro atoms. The summed E-state index contributed by atoms with van der Waals surface area (Å²) in [6.45, 7) is 1.74. The molecule has 1 aliphatic heterocycles. The van der Waals surface area contributed by atoms with E-state index in [2.05, 4.69) is 10.6 Å². The Labute approximate surface area is 89.0 Å². The Morgan fingerprint density at radius 3 is 3.20 bits per heavy atom. The Morgan fingerprint density at radius 2 is 2.53 bits per heavy atom. The second-order valence-corrected chi connectivity index (χ2v) is 3.83. The van der Waals surface area contributed by atoms with Crippen LogP contribution in [0.25, 0.3) is 0 Å². The van der Waals surface area contributed by atoms with Crippen LogP contribution in [0.2, 0.25) is 0 Å². The molecule has 1 fully saturated rings. The number of rotatable bonds is 3. The minimum absolute atomic E-state index is 0.132. The highest BCUT2D eigenvalue weighted by atomic mass is 16.3. The van der Waals surface area contributed by atoms with E-state index in [0.29, 0.717) is 18.3 Å². The Balaban J connectivity index is 1.75. The summed E-state index contributed by atoms with van der Waals surface area (Å²) in [6.07, 6.45) is 5.13. The van der Waals surface area contributed by atoms with Crippen molar-refractivity contribution >= 4 is 5.91 Å². The quantitative estimate of drug-likeness (QED) is 0.783. The minimum atomic E-state index is -0.132. The number of carbonyl (C=O) groups is 1. The van der Waals surface area contributed by atoms with E-state index >= 15 is 0 Å². The largest absolute Gasteiger partial charge is 0.459 e. The van der Waals surface area contributed by atoms with Crippen molar-refractivity contribution in [1.29, 1.82) is 0 Å². The first-order chi connectivity index (χ1) is 7.36. The van der Waals surface area contributed by atoms with E-state index in [1.807, 2.05) is 0 Å². The van der Waals surface area contributed by atoms with Crippen molar-refractivity contribution in [2.75, 3.05) is 13.1 Å². The van der Waals surface area contributed by atoms with E-state index in [-0.39, 0.29) is 5.91 Å². The van der Waals surface area contributed by atoms with Crippen LogP contribution in [0.1, 0.15) is 29.8 Å². The van der Waals surface area contributed by atoms with Crippen molar-refractivity contribution in [2.24, 2.45) is 0 Å². The molecule has 1 aromatic heterocycles. The lowest BCUT2D eigenvalue weighted by molar-refractivity contribution is 0.0920. The van der Waals surface area contributed by atoms with Gasteiger partial charge in [0, 0.05) is 12.6 Å². The van der Waals surface area contributed by atoms with E-state index in [0.717, 1.165) is 13.0 Å². The molecule has 1 saturated heterocycles. The fraction of sp³-hybridized carbons (Fsp3) is 0.545. The number of furan rings is 1. The van der Waals surface area contributed by atoms with Gasteiger partial charge in [-0.3, -0.25) is 4.79 Å². The van der Waals surface area contributed by atoms with Gasteiger partial charge in [-0.25, -0.2) is 0 Å². The van der Waals surface area contributed by atoms with Crippen LogP contribution >= 0.6 is 0 Å². The molecule has 15 heavy (non-hydrogen) atoms. The molecule has 0 bridgehead atoms. The third kappa shape index (κ3) is 2.83. The molecular formula is C11H16N2O2. The van der Waals surface area contributed by atoms with E-state index < -0.39 is 0 Å². The molecule has 4 nitrogen and oxygen atoms in total. The summed E-state index contributed by atoms with van der Waals surface area (Å²) in [5, 5.41) is 6.23. The van der Waals surface area contributed by atoms with E-state index in [9.17, 15) is 4.79 Å². The fourth-order valence-electron chi connectivity index (χ4n) is 1.81. The summed E-state index contributed by atoms with van der Waals surface area (Å²) in [5.41, 5.74) is 0. The molecular weight excluding hydrogens is 192 g/mol. The topological polar surface area (TPSA) is 54.3 Å². The number of piperidine rings is 1. The van der Waals surface area contributed by atoms with Gasteiger partial charge in [-0.2, -0.15) is 0 Å². The van der Waals surface area contributed by atoms with Crippen molar-refractivity contribution in [3.8, 4) is 0 Å². The first-order valence-electron chi connectivity index (χ1n) is 5.41. The smallest absolute Gasteiger partial charge is 0.287 e. The lowest BCUT2D eigenvalue weighted by Gasteiger charge is -2.23. The molecule has 1 unspecified atom stereocenters. The van der Waals surface area contributed by atoms with Crippen molar-refractivity contribution in [2.45, 2.75) is 25.3 Å². The van der Waals surface area contributed by atoms with Gasteiger partial charge in [-0.05, 0) is 31.5 Å². The van der Waals surface area contributed by atoms with Crippen LogP contribution in [0.15, 0.2) is 22.8 Å². The summed E-state index contributed by atoms with van der Waals surface area (Å²) in [4.78, 5) is 11.5. The maximum atomic E-state index is 11.5. The average Bonchev–Trinajstić information content (AvgIpc) is 2.81. The molecule has 0 aliphatic carbocycles. The van der Waals surface area contributed by atoms with Gasteiger partial charge in [0.1, 0.15) is 0 Å². The molecule has 0 radical (unpaired) electrons. The maximum Gasteiger partial charge on any atom is 0.287 e. The number of nitrogens with one attached hydrogen (secondary N) is 2. The third-order valence-corrected chi connectivity index (χ3v) is 2.67. The summed E-state index contributed by atoms with van der Waals surface area (Å²) >= 11 is 0. The molecule has 1 aromatic rings. The first-order valence-corrected chi connectivity index (χ1v) is 5.41. The molecule has 4 heteroatoms. The van der Waals surface area contributed by atoms with Crippen LogP contribution in [-0.2, 0) is 0 Å². The molecule has 1 amide bonds. The lowest BCUT2D eigenvalue weighted by Crippen LogP contribution is -2.43. The van der Waals surface area contributed by atoms with Crippen molar-refractivity contribution in [3.63, 3.8) is 0 Å². The molecule has 82 valence electrons. The number of hydrogen-bond acceptors (Lipinski definition) is 3. The Hall–Kier alpha value is -1.29. The summed E-state index contributed by atoms with van der Waals surface area (Å²) in [7, 11) is 0. The molecule has 0 saturated carbocycles. The normalized spacial score (nSPS) is 21.2. The molecule has 1 aliphatic rings. The summed E-state index contributed by atoms with van der Waals surface area (Å²) < 4.78 is 5.00. The monoisotopic (exact) mass is 208 g/mol. The summed E-state index contributed by atoms with van der Waals surface area (Å²) in [5.74, 6) is 0.248. The van der Waals surface area contributed by atoms with Gasteiger partial charge >= 0.3 is 0 Å². The Bertz CT molecular complexity index is 302. The maximum absolute atomic E-state index is 11.5. The van der Waals surface area contributed by atoms with Crippen molar-refractivity contribution in [3.05, 3.63) is 24.2 Å². The predicted molar refractivity (Wildman–Crippen MR) is 56.7 cm³/mol. The molecule has 0 aromatic carbocycles. The zero-order chi connectivity index (χ0) is 10.5. The van der Waals surface area contributed by atoms with Crippen LogP contribution in [0.4, 0.5) is 0 Å². The SMILES string of the molecule is O=C(NCC1CCCCN1)c1ccco1. The Kier molecular flexibility index (Phi) is 3.40. The van der Waals surface area contributed by atoms with E-state index in [1.54, 1.807) is 12.1 Å². The van der Waals surface area contributed by atoms with Crippen LogP contribution in [0, 0.1) is 0 Å². The van der Waals surface area contributed by atoms with Gasteiger partial charge in [0.05, 0.1) is 6.26 Å². The standard InChI is InChI=1S/C11H16N2O2/c14-11(10-5-3-7-15-10)13-8-9-4-1-2-6-12-9/h3,5,7,9,12H,1-2,4,6,8H2,(H,13,14). The predicted octanol–water partition coefficient (Wildman–Crippen LogP) is 1.15. The van der Waals surface area contributed by atoms with Gasteiger partial charge in [-0.15, -0.1) is 0 Å². The van der Waals surface area contributed by atoms with Crippen molar-refractivity contribution < 1.29 is 9.21 Å². The third-order valence-electron chi connectivity index (χ3n) is 2.67. The first kappa shape index (κ1) is 10.2. The van der Waals surface area contributed by atoms with Crippen LogP contribution in [0.3, 0.4) is 0 Å². The molecule has 2 heterocycles. The van der Waals surface area contributed by atoms with Crippen LogP contribution in [0.5, 0.6) is 0 Å². The number of hydrogen-bond donors (Lipinski definition) is 2. The van der Waals surface area contributed by atoms with Gasteiger partial charge in [-0.1, -0.05) is 6.42 Å². The Morgan fingerprint density at radius 1 is 1.60 bits per heavy atom. The molecule has 2 rings (SSSR count). The minimum Gasteiger partial charge on any atom is -0.459 e. The highest BCUT2D eigenvalue weighted by molar-refractivity contribution is 5.91. The van der Waals surface area contributed by atoms with Gasteiger partial charge < -0.3 is 15.1 Å². The van der Waals surface area contributed by atoms with E-state index in [4.69, 9.17) is 4.42 Å². The highest BCUT2D eigenvalue weighted by Gasteiger charge is 2.14. The highest BCUT2D eigenvalue weighted by Crippen LogP contribution is 2.06. The van der Waals surface area contributed by atoms with Gasteiger partial charge in [0.2, 0.25) is 0 Å². The van der Waals surface area contributed by atoms with Gasteiger partial charge in [0.25, 0.3) is 5.91 Å². The fourth-order valence-corrected chi connectivity index (χ4v) is 1.81. The summed E-state index contributed by atoms with van der Waals surface area (Å²) in [6, 6.07) is 3.80. The van der Waals surface area contributed by atoms with E-state index in [1.165, 1.54) is 19.1 Å². The average molecular weight is 208 g/mol. The number of amides is 1. The van der Waals surface area contributed by atoms with Crippen molar-refractivity contribution in [1.82, 2.24) is 10.6 Å². The second-order valence-electron chi connectivity index (χ2n) is 3.83. The van der Waals surface area contributed by atoms with Gasteiger partial charge in [0.15, 0.2) is 5.76 Å².